The van der Waals surface area contributed by atoms with E-state index in [1.807, 2.05) is 6.92 Å². The molecule has 0 saturated heterocycles. The van der Waals surface area contributed by atoms with Crippen LogP contribution in [0, 0.1) is 11.6 Å². The number of nitrogens with two attached hydrogens (primary N) is 1. The molecule has 2 N–H and O–H groups in total. The summed E-state index contributed by atoms with van der Waals surface area (Å²) in [6, 6.07) is 3.80. The first-order valence-electron chi connectivity index (χ1n) is 4.42. The van der Waals surface area contributed by atoms with Gasteiger partial charge in [-0.1, -0.05) is 0 Å². The van der Waals surface area contributed by atoms with E-state index < -0.39 is 11.6 Å². The van der Waals surface area contributed by atoms with E-state index in [2.05, 4.69) is 0 Å². The average molecular weight is 200 g/mol. The van der Waals surface area contributed by atoms with E-state index in [1.165, 1.54) is 6.07 Å². The zero-order valence-electron chi connectivity index (χ0n) is 8.30. The molecule has 0 heterocycles. The number of hydrogen-bond donors (Lipinski definition) is 1. The third-order valence-corrected chi connectivity index (χ3v) is 1.91. The number of anilines is 1. The van der Waals surface area contributed by atoms with Crippen LogP contribution in [0.3, 0.4) is 0 Å². The molecule has 0 fully saturated rings. The van der Waals surface area contributed by atoms with E-state index in [4.69, 9.17) is 5.73 Å². The predicted octanol–water partition coefficient (Wildman–Crippen LogP) is 1.75. The van der Waals surface area contributed by atoms with Gasteiger partial charge in [0.25, 0.3) is 0 Å². The standard InChI is InChI=1S/C10H14F2N2/c1-7(13)6-14(2)8-3-4-9(11)10(12)5-8/h3-5,7H,6,13H2,1-2H3. The normalized spacial score (nSPS) is 12.6. The van der Waals surface area contributed by atoms with E-state index in [9.17, 15) is 8.78 Å². The van der Waals surface area contributed by atoms with Crippen LogP contribution in [-0.2, 0) is 0 Å². The molecule has 0 radical (unpaired) electrons. The van der Waals surface area contributed by atoms with Crippen molar-refractivity contribution < 1.29 is 8.78 Å². The minimum atomic E-state index is -0.834. The summed E-state index contributed by atoms with van der Waals surface area (Å²) in [4.78, 5) is 1.78. The minimum Gasteiger partial charge on any atom is -0.373 e. The second kappa shape index (κ2) is 4.37. The molecule has 2 nitrogen and oxygen atoms in total. The maximum absolute atomic E-state index is 12.8. The summed E-state index contributed by atoms with van der Waals surface area (Å²) in [5, 5.41) is 0. The Balaban J connectivity index is 2.80. The molecule has 14 heavy (non-hydrogen) atoms. The molecule has 0 spiro atoms. The van der Waals surface area contributed by atoms with Crippen LogP contribution in [0.25, 0.3) is 0 Å². The summed E-state index contributed by atoms with van der Waals surface area (Å²) in [6.45, 7) is 2.46. The Hall–Kier alpha value is -1.16. The first kappa shape index (κ1) is 10.9. The highest BCUT2D eigenvalue weighted by molar-refractivity contribution is 5.46. The second-order valence-corrected chi connectivity index (χ2v) is 3.46. The van der Waals surface area contributed by atoms with E-state index in [0.29, 0.717) is 12.2 Å². The number of hydrogen-bond acceptors (Lipinski definition) is 2. The number of halogens is 2. The smallest absolute Gasteiger partial charge is 0.160 e. The summed E-state index contributed by atoms with van der Waals surface area (Å²) in [6.07, 6.45) is 0. The first-order chi connectivity index (χ1) is 6.50. The van der Waals surface area contributed by atoms with Gasteiger partial charge in [-0.15, -0.1) is 0 Å². The number of benzene rings is 1. The van der Waals surface area contributed by atoms with E-state index in [0.717, 1.165) is 12.1 Å². The monoisotopic (exact) mass is 200 g/mol. The molecule has 4 heteroatoms. The second-order valence-electron chi connectivity index (χ2n) is 3.46. The highest BCUT2D eigenvalue weighted by Crippen LogP contribution is 2.16. The number of nitrogens with zero attached hydrogens (tertiary/aromatic N) is 1. The molecule has 0 saturated carbocycles. The Morgan fingerprint density at radius 3 is 2.50 bits per heavy atom. The van der Waals surface area contributed by atoms with Crippen molar-refractivity contribution in [2.75, 3.05) is 18.5 Å². The molecular weight excluding hydrogens is 186 g/mol. The van der Waals surface area contributed by atoms with Crippen LogP contribution < -0.4 is 10.6 Å². The SMILES string of the molecule is CC(N)CN(C)c1ccc(F)c(F)c1. The largest absolute Gasteiger partial charge is 0.373 e. The zero-order chi connectivity index (χ0) is 10.7. The molecular formula is C10H14F2N2. The van der Waals surface area contributed by atoms with Gasteiger partial charge in [-0.25, -0.2) is 8.78 Å². The number of rotatable bonds is 3. The minimum absolute atomic E-state index is 0.00638. The van der Waals surface area contributed by atoms with Gasteiger partial charge >= 0.3 is 0 Å². The number of likely N-dealkylation sites (N-methyl/N-ethyl adjacent to an activating group) is 1. The van der Waals surface area contributed by atoms with Crippen molar-refractivity contribution in [2.24, 2.45) is 5.73 Å². The molecule has 0 aromatic heterocycles. The van der Waals surface area contributed by atoms with Gasteiger partial charge in [0.15, 0.2) is 11.6 Å². The molecule has 0 aliphatic heterocycles. The van der Waals surface area contributed by atoms with Crippen LogP contribution in [0.15, 0.2) is 18.2 Å². The van der Waals surface area contributed by atoms with Gasteiger partial charge in [-0.3, -0.25) is 0 Å². The van der Waals surface area contributed by atoms with Gasteiger partial charge in [0, 0.05) is 31.4 Å². The lowest BCUT2D eigenvalue weighted by molar-refractivity contribution is 0.508. The lowest BCUT2D eigenvalue weighted by Crippen LogP contribution is -2.32. The first-order valence-corrected chi connectivity index (χ1v) is 4.42. The van der Waals surface area contributed by atoms with Crippen molar-refractivity contribution in [2.45, 2.75) is 13.0 Å². The van der Waals surface area contributed by atoms with Crippen molar-refractivity contribution in [3.8, 4) is 0 Å². The van der Waals surface area contributed by atoms with Crippen LogP contribution in [0.4, 0.5) is 14.5 Å². The quantitative estimate of drug-likeness (QED) is 0.805. The fourth-order valence-electron chi connectivity index (χ4n) is 1.26. The summed E-state index contributed by atoms with van der Waals surface area (Å²) >= 11 is 0. The third kappa shape index (κ3) is 2.67. The summed E-state index contributed by atoms with van der Waals surface area (Å²) in [5.74, 6) is -1.66. The van der Waals surface area contributed by atoms with Crippen molar-refractivity contribution in [1.82, 2.24) is 0 Å². The average Bonchev–Trinajstić information content (AvgIpc) is 2.08. The van der Waals surface area contributed by atoms with Crippen molar-refractivity contribution in [1.29, 1.82) is 0 Å². The summed E-state index contributed by atoms with van der Waals surface area (Å²) < 4.78 is 25.5. The van der Waals surface area contributed by atoms with Crippen LogP contribution in [-0.4, -0.2) is 19.6 Å². The Labute approximate surface area is 82.3 Å². The fraction of sp³-hybridized carbons (Fsp3) is 0.400. The van der Waals surface area contributed by atoms with Crippen LogP contribution in [0.5, 0.6) is 0 Å². The third-order valence-electron chi connectivity index (χ3n) is 1.91. The van der Waals surface area contributed by atoms with Crippen molar-refractivity contribution in [3.05, 3.63) is 29.8 Å². The van der Waals surface area contributed by atoms with Gasteiger partial charge < -0.3 is 10.6 Å². The van der Waals surface area contributed by atoms with Crippen LogP contribution >= 0.6 is 0 Å². The van der Waals surface area contributed by atoms with Gasteiger partial charge in [0.1, 0.15) is 0 Å². The molecule has 0 aliphatic rings. The Morgan fingerprint density at radius 2 is 2.00 bits per heavy atom. The van der Waals surface area contributed by atoms with E-state index in [1.54, 1.807) is 11.9 Å². The van der Waals surface area contributed by atoms with Crippen LogP contribution in [0.1, 0.15) is 6.92 Å². The molecule has 78 valence electrons. The van der Waals surface area contributed by atoms with Gasteiger partial charge in [0.05, 0.1) is 0 Å². The zero-order valence-corrected chi connectivity index (χ0v) is 8.30. The maximum atomic E-state index is 12.8. The molecule has 1 aromatic carbocycles. The molecule has 0 bridgehead atoms. The highest BCUT2D eigenvalue weighted by Gasteiger charge is 2.07. The lowest BCUT2D eigenvalue weighted by Gasteiger charge is -2.21. The maximum Gasteiger partial charge on any atom is 0.160 e. The molecule has 0 amide bonds. The van der Waals surface area contributed by atoms with Crippen molar-refractivity contribution >= 4 is 5.69 Å². The molecule has 1 atom stereocenters. The van der Waals surface area contributed by atoms with E-state index in [-0.39, 0.29) is 6.04 Å². The highest BCUT2D eigenvalue weighted by atomic mass is 19.2. The predicted molar refractivity (Wildman–Crippen MR) is 53.3 cm³/mol. The van der Waals surface area contributed by atoms with Gasteiger partial charge in [-0.2, -0.15) is 0 Å². The van der Waals surface area contributed by atoms with Gasteiger partial charge in [-0.05, 0) is 19.1 Å². The van der Waals surface area contributed by atoms with E-state index >= 15 is 0 Å². The Bertz CT molecular complexity index is 313. The fourth-order valence-corrected chi connectivity index (χ4v) is 1.26. The Kier molecular flexibility index (Phi) is 3.41. The topological polar surface area (TPSA) is 29.3 Å². The molecule has 0 aliphatic carbocycles. The summed E-state index contributed by atoms with van der Waals surface area (Å²) in [7, 11) is 1.79. The van der Waals surface area contributed by atoms with Crippen LogP contribution in [0.2, 0.25) is 0 Å². The van der Waals surface area contributed by atoms with Gasteiger partial charge in [0.2, 0.25) is 0 Å². The molecule has 1 rings (SSSR count). The Morgan fingerprint density at radius 1 is 1.36 bits per heavy atom. The lowest BCUT2D eigenvalue weighted by atomic mass is 10.2. The molecule has 1 unspecified atom stereocenters. The molecule has 1 aromatic rings. The summed E-state index contributed by atoms with van der Waals surface area (Å²) in [5.41, 5.74) is 6.22. The van der Waals surface area contributed by atoms with Crippen molar-refractivity contribution in [3.63, 3.8) is 0 Å².